The summed E-state index contributed by atoms with van der Waals surface area (Å²) < 4.78 is 0. The maximum absolute atomic E-state index is 4.83. The van der Waals surface area contributed by atoms with Crippen LogP contribution in [0.3, 0.4) is 0 Å². The maximum Gasteiger partial charge on any atom is 0.0936 e. The molecule has 4 aliphatic rings. The van der Waals surface area contributed by atoms with Gasteiger partial charge in [0.15, 0.2) is 0 Å². The summed E-state index contributed by atoms with van der Waals surface area (Å²) in [7, 11) is 0. The van der Waals surface area contributed by atoms with Crippen LogP contribution in [0.15, 0.2) is 231 Å². The molecule has 2 aliphatic heterocycles. The van der Waals surface area contributed by atoms with Gasteiger partial charge in [-0.2, -0.15) is 10.2 Å². The summed E-state index contributed by atoms with van der Waals surface area (Å²) >= 11 is 0. The van der Waals surface area contributed by atoms with Crippen molar-refractivity contribution in [2.45, 2.75) is 38.5 Å². The van der Waals surface area contributed by atoms with Gasteiger partial charge in [-0.3, -0.25) is 0 Å². The van der Waals surface area contributed by atoms with Gasteiger partial charge in [0.25, 0.3) is 0 Å². The average Bonchev–Trinajstić information content (AvgIpc) is 3.93. The lowest BCUT2D eigenvalue weighted by Crippen LogP contribution is -2.36. The molecule has 11 aromatic rings. The summed E-state index contributed by atoms with van der Waals surface area (Å²) in [6, 6.07) is 84.1. The molecule has 2 spiro atoms. The minimum absolute atomic E-state index is 0.479. The van der Waals surface area contributed by atoms with Crippen molar-refractivity contribution in [2.75, 3.05) is 9.80 Å². The second kappa shape index (κ2) is 15.7. The Hall–Kier alpha value is -9.12. The van der Waals surface area contributed by atoms with E-state index < -0.39 is 10.8 Å². The molecule has 0 bridgehead atoms. The molecule has 0 unspecified atom stereocenters. The molecule has 4 heteroatoms. The molecule has 15 rings (SSSR count). The van der Waals surface area contributed by atoms with Crippen molar-refractivity contribution in [3.63, 3.8) is 0 Å². The third-order valence-electron chi connectivity index (χ3n) is 16.6. The van der Waals surface area contributed by atoms with Crippen LogP contribution in [0, 0.1) is 27.7 Å². The molecule has 3 heterocycles. The Morgan fingerprint density at radius 2 is 0.649 bits per heavy atom. The van der Waals surface area contributed by atoms with Gasteiger partial charge in [0.05, 0.1) is 45.5 Å². The van der Waals surface area contributed by atoms with Crippen molar-refractivity contribution in [3.05, 3.63) is 297 Å². The highest BCUT2D eigenvalue weighted by atomic mass is 15.2. The average molecular weight is 947 g/mol. The van der Waals surface area contributed by atoms with E-state index in [-0.39, 0.29) is 0 Å². The van der Waals surface area contributed by atoms with Crippen LogP contribution in [0.25, 0.3) is 44.6 Å². The van der Waals surface area contributed by atoms with Crippen molar-refractivity contribution in [3.8, 4) is 44.6 Å². The van der Waals surface area contributed by atoms with Crippen molar-refractivity contribution in [2.24, 2.45) is 0 Å². The second-order valence-electron chi connectivity index (χ2n) is 20.9. The number of fused-ring (bicyclic) bond motifs is 18. The van der Waals surface area contributed by atoms with E-state index in [1.807, 2.05) is 6.20 Å². The SMILES string of the molecule is Cc1ccc2c(c1)C1(c3ccccc3-c3ccccc31)c1cc(C)ccc1N2c1cccc(-c2cnnc(-c3cccc(N4c5ccc(C)cc5C5(c6ccccc6-c6ccccc65)c5cc(C)ccc54)c3)c2)c1. The first-order chi connectivity index (χ1) is 36.3. The van der Waals surface area contributed by atoms with Crippen LogP contribution >= 0.6 is 0 Å². The molecule has 0 amide bonds. The number of aryl methyl sites for hydroxylation is 4. The Bertz CT molecular complexity index is 3710. The zero-order valence-electron chi connectivity index (χ0n) is 41.7. The van der Waals surface area contributed by atoms with E-state index >= 15 is 0 Å². The van der Waals surface area contributed by atoms with Crippen LogP contribution in [0.5, 0.6) is 0 Å². The number of nitrogens with zero attached hydrogens (tertiary/aromatic N) is 4. The van der Waals surface area contributed by atoms with Crippen LogP contribution in [-0.4, -0.2) is 10.2 Å². The minimum Gasteiger partial charge on any atom is -0.310 e. The van der Waals surface area contributed by atoms with Gasteiger partial charge in [-0.05, 0) is 155 Å². The largest absolute Gasteiger partial charge is 0.310 e. The lowest BCUT2D eigenvalue weighted by atomic mass is 9.64. The van der Waals surface area contributed by atoms with Crippen molar-refractivity contribution in [1.82, 2.24) is 10.2 Å². The monoisotopic (exact) mass is 946 g/mol. The molecule has 10 aromatic carbocycles. The molecule has 0 saturated carbocycles. The first-order valence-electron chi connectivity index (χ1n) is 25.8. The molecular weight excluding hydrogens is 897 g/mol. The lowest BCUT2D eigenvalue weighted by molar-refractivity contribution is 0.750. The first-order valence-corrected chi connectivity index (χ1v) is 25.8. The molecular formula is C70H50N4. The van der Waals surface area contributed by atoms with Crippen LogP contribution in [-0.2, 0) is 10.8 Å². The Kier molecular flexibility index (Phi) is 9.02. The van der Waals surface area contributed by atoms with Crippen molar-refractivity contribution in [1.29, 1.82) is 0 Å². The third kappa shape index (κ3) is 5.74. The molecule has 74 heavy (non-hydrogen) atoms. The molecule has 0 N–H and O–H groups in total. The van der Waals surface area contributed by atoms with Crippen LogP contribution in [0.2, 0.25) is 0 Å². The van der Waals surface area contributed by atoms with Gasteiger partial charge in [-0.1, -0.05) is 192 Å². The van der Waals surface area contributed by atoms with E-state index in [0.717, 1.165) is 33.8 Å². The minimum atomic E-state index is -0.483. The predicted molar refractivity (Wildman–Crippen MR) is 303 cm³/mol. The Balaban J connectivity index is 0.848. The Labute approximate surface area is 432 Å². The highest BCUT2D eigenvalue weighted by Crippen LogP contribution is 2.65. The number of aromatic nitrogens is 2. The summed E-state index contributed by atoms with van der Waals surface area (Å²) in [6.07, 6.45) is 1.90. The second-order valence-corrected chi connectivity index (χ2v) is 20.9. The smallest absolute Gasteiger partial charge is 0.0936 e. The summed E-state index contributed by atoms with van der Waals surface area (Å²) in [5.41, 5.74) is 30.4. The number of hydrogen-bond acceptors (Lipinski definition) is 4. The van der Waals surface area contributed by atoms with Gasteiger partial charge in [-0.15, -0.1) is 0 Å². The molecule has 1 aromatic heterocycles. The maximum atomic E-state index is 4.83. The van der Waals surface area contributed by atoms with Gasteiger partial charge in [0, 0.05) is 22.5 Å². The fourth-order valence-corrected chi connectivity index (χ4v) is 13.6. The standard InChI is InChI=1S/C70H50N4/c1-43-27-31-65-60(35-43)69(56-23-9-5-19-52(56)53-20-6-10-24-57(53)69)61-36-44(2)28-32-66(61)73(65)50-17-13-15-47(39-50)49-41-64(72-71-42-49)48-16-14-18-51(40-48)74-67-33-29-45(3)37-62(67)70(63-38-46(4)30-34-68(63)74)58-25-11-7-21-54(58)55-22-8-12-26-59(55)70/h5-42H,1-4H3. The van der Waals surface area contributed by atoms with E-state index in [1.165, 1.54) is 112 Å². The molecule has 4 nitrogen and oxygen atoms in total. The van der Waals surface area contributed by atoms with E-state index in [1.54, 1.807) is 0 Å². The predicted octanol–water partition coefficient (Wildman–Crippen LogP) is 17.3. The van der Waals surface area contributed by atoms with E-state index in [9.17, 15) is 0 Å². The van der Waals surface area contributed by atoms with Crippen molar-refractivity contribution < 1.29 is 0 Å². The number of hydrogen-bond donors (Lipinski definition) is 0. The quantitative estimate of drug-likeness (QED) is 0.176. The van der Waals surface area contributed by atoms with Gasteiger partial charge in [0.2, 0.25) is 0 Å². The zero-order valence-corrected chi connectivity index (χ0v) is 41.7. The van der Waals surface area contributed by atoms with Gasteiger partial charge in [0.1, 0.15) is 0 Å². The Morgan fingerprint density at radius 3 is 1.04 bits per heavy atom. The van der Waals surface area contributed by atoms with E-state index in [4.69, 9.17) is 10.2 Å². The van der Waals surface area contributed by atoms with Gasteiger partial charge >= 0.3 is 0 Å². The Morgan fingerprint density at radius 1 is 0.297 bits per heavy atom. The fourth-order valence-electron chi connectivity index (χ4n) is 13.6. The highest BCUT2D eigenvalue weighted by Gasteiger charge is 2.53. The lowest BCUT2D eigenvalue weighted by Gasteiger charge is -2.45. The number of benzene rings is 10. The van der Waals surface area contributed by atoms with Gasteiger partial charge in [-0.25, -0.2) is 0 Å². The number of anilines is 6. The third-order valence-corrected chi connectivity index (χ3v) is 16.6. The summed E-state index contributed by atoms with van der Waals surface area (Å²) in [5, 5.41) is 9.54. The van der Waals surface area contributed by atoms with E-state index in [0.29, 0.717) is 0 Å². The number of rotatable bonds is 4. The van der Waals surface area contributed by atoms with Crippen LogP contribution in [0.4, 0.5) is 34.1 Å². The summed E-state index contributed by atoms with van der Waals surface area (Å²) in [4.78, 5) is 4.94. The van der Waals surface area contributed by atoms with Crippen molar-refractivity contribution >= 4 is 34.1 Å². The van der Waals surface area contributed by atoms with Crippen LogP contribution < -0.4 is 9.80 Å². The molecule has 2 aliphatic carbocycles. The summed E-state index contributed by atoms with van der Waals surface area (Å²) in [5.74, 6) is 0. The van der Waals surface area contributed by atoms with Gasteiger partial charge < -0.3 is 9.80 Å². The topological polar surface area (TPSA) is 32.3 Å². The first kappa shape index (κ1) is 42.6. The normalized spacial score (nSPS) is 14.4. The molecule has 0 atom stereocenters. The molecule has 0 saturated heterocycles. The zero-order chi connectivity index (χ0) is 49.5. The summed E-state index contributed by atoms with van der Waals surface area (Å²) in [6.45, 7) is 8.87. The highest BCUT2D eigenvalue weighted by molar-refractivity contribution is 5.98. The molecule has 350 valence electrons. The molecule has 0 radical (unpaired) electrons. The molecule has 0 fully saturated rings. The fraction of sp³-hybridized carbons (Fsp3) is 0.0857. The van der Waals surface area contributed by atoms with Crippen LogP contribution in [0.1, 0.15) is 66.8 Å². The van der Waals surface area contributed by atoms with E-state index in [2.05, 4.69) is 262 Å².